The molecule has 8 nitrogen and oxygen atoms in total. The predicted molar refractivity (Wildman–Crippen MR) is 93.9 cm³/mol. The molecular formula is C19H24N3O5+. The van der Waals surface area contributed by atoms with Crippen molar-refractivity contribution in [1.29, 1.82) is 0 Å². The van der Waals surface area contributed by atoms with Crippen molar-refractivity contribution in [2.24, 2.45) is 0 Å². The molecule has 2 saturated heterocycles. The molecule has 1 aromatic heterocycles. The Hall–Kier alpha value is -1.68. The molecule has 2 bridgehead atoms. The van der Waals surface area contributed by atoms with E-state index in [1.807, 2.05) is 0 Å². The normalized spacial score (nSPS) is 38.1. The molecule has 3 heterocycles. The molecule has 5 rings (SSSR count). The fourth-order valence-electron chi connectivity index (χ4n) is 4.84. The van der Waals surface area contributed by atoms with Gasteiger partial charge in [-0.25, -0.2) is 4.98 Å². The van der Waals surface area contributed by atoms with Crippen LogP contribution in [-0.4, -0.2) is 69.5 Å². The van der Waals surface area contributed by atoms with E-state index in [1.165, 1.54) is 11.1 Å². The van der Waals surface area contributed by atoms with Gasteiger partial charge in [0.25, 0.3) is 6.23 Å². The summed E-state index contributed by atoms with van der Waals surface area (Å²) in [7, 11) is 0. The molecule has 1 aliphatic carbocycles. The highest BCUT2D eigenvalue weighted by atomic mass is 16.6. The number of hydrogen-bond acceptors (Lipinski definition) is 7. The number of aliphatic hydroxyl groups excluding tert-OH is 4. The minimum absolute atomic E-state index is 0.449. The summed E-state index contributed by atoms with van der Waals surface area (Å²) in [6, 6.07) is 4.22. The average molecular weight is 374 g/mol. The summed E-state index contributed by atoms with van der Waals surface area (Å²) in [6.45, 7) is 1.49. The Labute approximate surface area is 156 Å². The van der Waals surface area contributed by atoms with E-state index < -0.39 is 37.3 Å². The quantitative estimate of drug-likeness (QED) is 0.413. The molecule has 0 radical (unpaired) electrons. The van der Waals surface area contributed by atoms with Gasteiger partial charge in [0, 0.05) is 19.2 Å². The average Bonchev–Trinajstić information content (AvgIpc) is 2.94. The first-order valence-electron chi connectivity index (χ1n) is 9.43. The second-order valence-electron chi connectivity index (χ2n) is 7.81. The highest BCUT2D eigenvalue weighted by Crippen LogP contribution is 2.44. The lowest BCUT2D eigenvalue weighted by Gasteiger charge is -2.36. The van der Waals surface area contributed by atoms with Crippen molar-refractivity contribution in [1.82, 2.24) is 10.3 Å². The van der Waals surface area contributed by atoms with Crippen LogP contribution in [0.4, 0.5) is 0 Å². The highest BCUT2D eigenvalue weighted by Gasteiger charge is 2.49. The summed E-state index contributed by atoms with van der Waals surface area (Å²) < 4.78 is 7.48. The van der Waals surface area contributed by atoms with Gasteiger partial charge in [0.05, 0.1) is 12.8 Å². The number of rotatable bonds is 2. The molecular weight excluding hydrogens is 350 g/mol. The van der Waals surface area contributed by atoms with Crippen molar-refractivity contribution < 1.29 is 29.7 Å². The Bertz CT molecular complexity index is 876. The molecule has 8 heteroatoms. The summed E-state index contributed by atoms with van der Waals surface area (Å²) in [4.78, 5) is 4.49. The van der Waals surface area contributed by atoms with Crippen LogP contribution in [0.2, 0.25) is 0 Å². The van der Waals surface area contributed by atoms with E-state index in [-0.39, 0.29) is 0 Å². The number of ether oxygens (including phenoxy) is 1. The van der Waals surface area contributed by atoms with Crippen molar-refractivity contribution in [3.63, 3.8) is 0 Å². The third-order valence-electron chi connectivity index (χ3n) is 6.27. The largest absolute Gasteiger partial charge is 0.394 e. The molecule has 2 aliphatic heterocycles. The topological polar surface area (TPSA) is 119 Å². The number of aliphatic hydroxyl groups is 4. The van der Waals surface area contributed by atoms with Crippen LogP contribution in [0.5, 0.6) is 0 Å². The van der Waals surface area contributed by atoms with Crippen molar-refractivity contribution in [3.05, 3.63) is 35.7 Å². The molecule has 0 amide bonds. The molecule has 5 N–H and O–H groups in total. The van der Waals surface area contributed by atoms with Gasteiger partial charge in [-0.3, -0.25) is 0 Å². The van der Waals surface area contributed by atoms with E-state index in [0.29, 0.717) is 11.8 Å². The van der Waals surface area contributed by atoms with Gasteiger partial charge in [-0.15, -0.1) is 0 Å². The first kappa shape index (κ1) is 17.4. The van der Waals surface area contributed by atoms with Gasteiger partial charge in [-0.05, 0) is 35.4 Å². The summed E-state index contributed by atoms with van der Waals surface area (Å²) in [6.07, 6.45) is -1.51. The van der Waals surface area contributed by atoms with E-state index >= 15 is 0 Å². The van der Waals surface area contributed by atoms with Crippen molar-refractivity contribution >= 4 is 11.0 Å². The maximum atomic E-state index is 10.5. The van der Waals surface area contributed by atoms with Crippen molar-refractivity contribution in [3.8, 4) is 0 Å². The zero-order chi connectivity index (χ0) is 18.7. The molecule has 144 valence electrons. The number of nitrogens with zero attached hydrogens (tertiary/aromatic N) is 2. The Balaban J connectivity index is 1.62. The van der Waals surface area contributed by atoms with Crippen LogP contribution >= 0.6 is 0 Å². The van der Waals surface area contributed by atoms with Gasteiger partial charge < -0.3 is 30.5 Å². The van der Waals surface area contributed by atoms with Crippen LogP contribution in [0.15, 0.2) is 24.5 Å². The van der Waals surface area contributed by atoms with Crippen LogP contribution in [0.25, 0.3) is 11.0 Å². The molecule has 7 atom stereocenters. The van der Waals surface area contributed by atoms with Gasteiger partial charge in [0.2, 0.25) is 5.52 Å². The summed E-state index contributed by atoms with van der Waals surface area (Å²) in [5, 5.41) is 43.6. The minimum Gasteiger partial charge on any atom is -0.394 e. The summed E-state index contributed by atoms with van der Waals surface area (Å²) >= 11 is 0. The summed E-state index contributed by atoms with van der Waals surface area (Å²) in [5.74, 6) is 0.970. The Kier molecular flexibility index (Phi) is 4.15. The molecule has 3 aliphatic rings. The fourth-order valence-corrected chi connectivity index (χ4v) is 4.84. The van der Waals surface area contributed by atoms with Crippen LogP contribution < -0.4 is 9.88 Å². The number of hydrogen-bond donors (Lipinski definition) is 5. The smallest absolute Gasteiger partial charge is 0.292 e. The van der Waals surface area contributed by atoms with Gasteiger partial charge in [0.15, 0.2) is 12.3 Å². The third-order valence-corrected chi connectivity index (χ3v) is 6.27. The number of piperidine rings is 1. The van der Waals surface area contributed by atoms with Crippen LogP contribution in [-0.2, 0) is 4.74 Å². The lowest BCUT2D eigenvalue weighted by Crippen LogP contribution is -2.62. The fraction of sp³-hybridized carbons (Fsp3) is 0.579. The first-order valence-corrected chi connectivity index (χ1v) is 9.43. The Morgan fingerprint density at radius 2 is 1.81 bits per heavy atom. The van der Waals surface area contributed by atoms with E-state index in [0.717, 1.165) is 30.5 Å². The van der Waals surface area contributed by atoms with Gasteiger partial charge in [-0.1, -0.05) is 0 Å². The monoisotopic (exact) mass is 374 g/mol. The number of benzene rings is 1. The Morgan fingerprint density at radius 1 is 1.07 bits per heavy atom. The zero-order valence-corrected chi connectivity index (χ0v) is 14.8. The van der Waals surface area contributed by atoms with E-state index in [4.69, 9.17) is 4.74 Å². The summed E-state index contributed by atoms with van der Waals surface area (Å²) in [5.41, 5.74) is 4.22. The van der Waals surface area contributed by atoms with Crippen molar-refractivity contribution in [2.45, 2.75) is 48.9 Å². The SMILES string of the molecule is OCC1OC([n+]2ccnc3cc4c(cc32)C2CNCC4C2)C(O)C(O)C1O. The number of aromatic nitrogens is 2. The standard InChI is InChI=1S/C19H24N3O5/c23-8-15-16(24)17(25)18(26)19(27-15)22-2-1-21-13-4-11-9-3-10(7-20-6-9)12(11)5-14(13)22/h1-2,4-5,9-10,15-20,23-26H,3,6-8H2/q+1. The van der Waals surface area contributed by atoms with Crippen molar-refractivity contribution in [2.75, 3.05) is 19.7 Å². The molecule has 2 fully saturated rings. The van der Waals surface area contributed by atoms with E-state index in [1.54, 1.807) is 17.0 Å². The second kappa shape index (κ2) is 6.44. The van der Waals surface area contributed by atoms with Gasteiger partial charge >= 0.3 is 0 Å². The Morgan fingerprint density at radius 3 is 2.56 bits per heavy atom. The number of fused-ring (bicyclic) bond motifs is 6. The highest BCUT2D eigenvalue weighted by molar-refractivity contribution is 5.74. The van der Waals surface area contributed by atoms with Crippen LogP contribution in [0, 0.1) is 0 Å². The molecule has 27 heavy (non-hydrogen) atoms. The molecule has 7 unspecified atom stereocenters. The predicted octanol–water partition coefficient (Wildman–Crippen LogP) is -1.33. The zero-order valence-electron chi connectivity index (χ0n) is 14.8. The maximum Gasteiger partial charge on any atom is 0.292 e. The molecule has 2 aromatic rings. The lowest BCUT2D eigenvalue weighted by molar-refractivity contribution is -0.757. The van der Waals surface area contributed by atoms with Crippen LogP contribution in [0.3, 0.4) is 0 Å². The van der Waals surface area contributed by atoms with Crippen LogP contribution in [0.1, 0.15) is 35.6 Å². The molecule has 0 saturated carbocycles. The maximum absolute atomic E-state index is 10.5. The van der Waals surface area contributed by atoms with E-state index in [9.17, 15) is 20.4 Å². The lowest BCUT2D eigenvalue weighted by atomic mass is 9.97. The molecule has 0 spiro atoms. The first-order chi connectivity index (χ1) is 13.1. The van der Waals surface area contributed by atoms with Gasteiger partial charge in [0.1, 0.15) is 23.8 Å². The number of nitrogens with one attached hydrogen (secondary N) is 1. The van der Waals surface area contributed by atoms with E-state index in [2.05, 4.69) is 22.4 Å². The molecule has 1 aromatic carbocycles. The second-order valence-corrected chi connectivity index (χ2v) is 7.81. The van der Waals surface area contributed by atoms with Gasteiger partial charge in [-0.2, -0.15) is 4.57 Å². The minimum atomic E-state index is -1.41. The third kappa shape index (κ3) is 2.60.